The van der Waals surface area contributed by atoms with Gasteiger partial charge in [-0.1, -0.05) is 18.2 Å². The molecule has 1 aromatic heterocycles. The number of rotatable bonds is 4. The van der Waals surface area contributed by atoms with E-state index in [4.69, 9.17) is 10.5 Å². The molecule has 0 atom stereocenters. The Morgan fingerprint density at radius 1 is 1.18 bits per heavy atom. The SMILES string of the molecule is NCc1ncccc1OCc1ccccc1F. The maximum Gasteiger partial charge on any atom is 0.142 e. The van der Waals surface area contributed by atoms with E-state index < -0.39 is 0 Å². The first-order valence-corrected chi connectivity index (χ1v) is 5.31. The summed E-state index contributed by atoms with van der Waals surface area (Å²) in [5.74, 6) is 0.323. The highest BCUT2D eigenvalue weighted by Crippen LogP contribution is 2.17. The van der Waals surface area contributed by atoms with E-state index in [0.717, 1.165) is 0 Å². The molecule has 17 heavy (non-hydrogen) atoms. The molecule has 0 amide bonds. The molecular weight excluding hydrogens is 219 g/mol. The maximum atomic E-state index is 13.4. The van der Waals surface area contributed by atoms with Crippen LogP contribution in [0.1, 0.15) is 11.3 Å². The summed E-state index contributed by atoms with van der Waals surface area (Å²) in [7, 11) is 0. The normalized spacial score (nSPS) is 10.2. The minimum absolute atomic E-state index is 0.172. The third-order valence-electron chi connectivity index (χ3n) is 2.38. The Morgan fingerprint density at radius 2 is 2.00 bits per heavy atom. The van der Waals surface area contributed by atoms with Crippen molar-refractivity contribution in [1.82, 2.24) is 4.98 Å². The number of aromatic nitrogens is 1. The standard InChI is InChI=1S/C13H13FN2O/c14-11-5-2-1-4-10(11)9-17-13-6-3-7-16-12(13)8-15/h1-7H,8-9,15H2. The molecule has 0 radical (unpaired) electrons. The number of hydrogen-bond acceptors (Lipinski definition) is 3. The van der Waals surface area contributed by atoms with Crippen LogP contribution in [0.2, 0.25) is 0 Å². The zero-order valence-corrected chi connectivity index (χ0v) is 9.27. The molecule has 1 aromatic carbocycles. The molecule has 2 N–H and O–H groups in total. The average molecular weight is 232 g/mol. The van der Waals surface area contributed by atoms with Gasteiger partial charge in [0.2, 0.25) is 0 Å². The minimum atomic E-state index is -0.273. The van der Waals surface area contributed by atoms with Gasteiger partial charge in [0.1, 0.15) is 18.2 Å². The Balaban J connectivity index is 2.10. The molecule has 0 spiro atoms. The molecule has 4 heteroatoms. The number of pyridine rings is 1. The third-order valence-corrected chi connectivity index (χ3v) is 2.38. The van der Waals surface area contributed by atoms with Crippen LogP contribution in [0.5, 0.6) is 5.75 Å². The molecule has 0 aliphatic carbocycles. The summed E-state index contributed by atoms with van der Waals surface area (Å²) in [4.78, 5) is 4.09. The Labute approximate surface area is 99.1 Å². The average Bonchev–Trinajstić information content (AvgIpc) is 2.38. The van der Waals surface area contributed by atoms with Gasteiger partial charge in [0.15, 0.2) is 0 Å². The fourth-order valence-electron chi connectivity index (χ4n) is 1.48. The summed E-state index contributed by atoms with van der Waals surface area (Å²) in [5.41, 5.74) is 6.72. The van der Waals surface area contributed by atoms with Crippen LogP contribution in [-0.4, -0.2) is 4.98 Å². The van der Waals surface area contributed by atoms with Gasteiger partial charge in [0, 0.05) is 18.3 Å². The molecule has 0 aliphatic heterocycles. The molecule has 3 nitrogen and oxygen atoms in total. The Hall–Kier alpha value is -1.94. The van der Waals surface area contributed by atoms with E-state index in [9.17, 15) is 4.39 Å². The number of hydrogen-bond donors (Lipinski definition) is 1. The predicted molar refractivity (Wildman–Crippen MR) is 62.9 cm³/mol. The zero-order valence-electron chi connectivity index (χ0n) is 9.27. The molecule has 88 valence electrons. The number of benzene rings is 1. The smallest absolute Gasteiger partial charge is 0.142 e. The van der Waals surface area contributed by atoms with Gasteiger partial charge in [-0.15, -0.1) is 0 Å². The highest BCUT2D eigenvalue weighted by atomic mass is 19.1. The highest BCUT2D eigenvalue weighted by Gasteiger charge is 2.05. The van der Waals surface area contributed by atoms with Gasteiger partial charge in [-0.3, -0.25) is 4.98 Å². The predicted octanol–water partition coefficient (Wildman–Crippen LogP) is 2.26. The summed E-state index contributed by atoms with van der Waals surface area (Å²) >= 11 is 0. The fraction of sp³-hybridized carbons (Fsp3) is 0.154. The lowest BCUT2D eigenvalue weighted by molar-refractivity contribution is 0.295. The van der Waals surface area contributed by atoms with E-state index in [-0.39, 0.29) is 12.4 Å². The second kappa shape index (κ2) is 5.41. The molecule has 2 rings (SSSR count). The Bertz CT molecular complexity index is 502. The molecular formula is C13H13FN2O. The number of halogens is 1. The summed E-state index contributed by atoms with van der Waals surface area (Å²) in [6.45, 7) is 0.471. The molecule has 0 unspecified atom stereocenters. The molecule has 0 saturated carbocycles. The van der Waals surface area contributed by atoms with Gasteiger partial charge in [0.25, 0.3) is 0 Å². The monoisotopic (exact) mass is 232 g/mol. The maximum absolute atomic E-state index is 13.4. The second-order valence-electron chi connectivity index (χ2n) is 3.53. The first-order valence-electron chi connectivity index (χ1n) is 5.31. The van der Waals surface area contributed by atoms with E-state index in [1.165, 1.54) is 6.07 Å². The van der Waals surface area contributed by atoms with Gasteiger partial charge >= 0.3 is 0 Å². The molecule has 0 saturated heterocycles. The molecule has 0 aliphatic rings. The van der Waals surface area contributed by atoms with Crippen LogP contribution in [0.4, 0.5) is 4.39 Å². The first-order chi connectivity index (χ1) is 8.31. The molecule has 0 bridgehead atoms. The van der Waals surface area contributed by atoms with Crippen molar-refractivity contribution in [3.63, 3.8) is 0 Å². The van der Waals surface area contributed by atoms with E-state index in [1.807, 2.05) is 0 Å². The van der Waals surface area contributed by atoms with Crippen molar-refractivity contribution in [2.75, 3.05) is 0 Å². The summed E-state index contributed by atoms with van der Waals surface area (Å²) < 4.78 is 18.9. The van der Waals surface area contributed by atoms with Gasteiger partial charge in [-0.25, -0.2) is 4.39 Å². The van der Waals surface area contributed by atoms with Crippen molar-refractivity contribution in [1.29, 1.82) is 0 Å². The third kappa shape index (κ3) is 2.79. The van der Waals surface area contributed by atoms with E-state index in [1.54, 1.807) is 36.5 Å². The van der Waals surface area contributed by atoms with Crippen molar-refractivity contribution in [3.8, 4) is 5.75 Å². The second-order valence-corrected chi connectivity index (χ2v) is 3.53. The van der Waals surface area contributed by atoms with Crippen molar-refractivity contribution >= 4 is 0 Å². The van der Waals surface area contributed by atoms with Crippen molar-refractivity contribution in [2.45, 2.75) is 13.2 Å². The van der Waals surface area contributed by atoms with Crippen LogP contribution in [0, 0.1) is 5.82 Å². The lowest BCUT2D eigenvalue weighted by Gasteiger charge is -2.09. The topological polar surface area (TPSA) is 48.1 Å². The van der Waals surface area contributed by atoms with E-state index >= 15 is 0 Å². The zero-order chi connectivity index (χ0) is 12.1. The van der Waals surface area contributed by atoms with Crippen molar-refractivity contribution in [2.24, 2.45) is 5.73 Å². The largest absolute Gasteiger partial charge is 0.487 e. The van der Waals surface area contributed by atoms with Crippen molar-refractivity contribution in [3.05, 3.63) is 59.7 Å². The number of nitrogens with two attached hydrogens (primary N) is 1. The number of ether oxygens (including phenoxy) is 1. The van der Waals surface area contributed by atoms with E-state index in [2.05, 4.69) is 4.98 Å². The van der Waals surface area contributed by atoms with Gasteiger partial charge in [-0.05, 0) is 18.2 Å². The van der Waals surface area contributed by atoms with Crippen LogP contribution in [0.25, 0.3) is 0 Å². The summed E-state index contributed by atoms with van der Waals surface area (Å²) in [5, 5.41) is 0. The van der Waals surface area contributed by atoms with Crippen LogP contribution in [0.3, 0.4) is 0 Å². The van der Waals surface area contributed by atoms with Gasteiger partial charge in [0.05, 0.1) is 5.69 Å². The Kier molecular flexibility index (Phi) is 3.67. The van der Waals surface area contributed by atoms with Crippen LogP contribution < -0.4 is 10.5 Å². The van der Waals surface area contributed by atoms with Crippen LogP contribution in [0.15, 0.2) is 42.6 Å². The van der Waals surface area contributed by atoms with Crippen molar-refractivity contribution < 1.29 is 9.13 Å². The molecule has 0 fully saturated rings. The molecule has 2 aromatic rings. The lowest BCUT2D eigenvalue weighted by Crippen LogP contribution is -2.05. The summed E-state index contributed by atoms with van der Waals surface area (Å²) in [6.07, 6.45) is 1.65. The minimum Gasteiger partial charge on any atom is -0.487 e. The number of nitrogens with zero attached hydrogens (tertiary/aromatic N) is 1. The Morgan fingerprint density at radius 3 is 2.76 bits per heavy atom. The van der Waals surface area contributed by atoms with Crippen LogP contribution >= 0.6 is 0 Å². The van der Waals surface area contributed by atoms with Gasteiger partial charge < -0.3 is 10.5 Å². The first kappa shape index (κ1) is 11.5. The summed E-state index contributed by atoms with van der Waals surface area (Å²) in [6, 6.07) is 10.1. The van der Waals surface area contributed by atoms with Gasteiger partial charge in [-0.2, -0.15) is 0 Å². The molecule has 1 heterocycles. The lowest BCUT2D eigenvalue weighted by atomic mass is 10.2. The fourth-order valence-corrected chi connectivity index (χ4v) is 1.48. The van der Waals surface area contributed by atoms with E-state index in [0.29, 0.717) is 23.6 Å². The highest BCUT2D eigenvalue weighted by molar-refractivity contribution is 5.27. The van der Waals surface area contributed by atoms with Crippen LogP contribution in [-0.2, 0) is 13.2 Å². The quantitative estimate of drug-likeness (QED) is 0.879.